The van der Waals surface area contributed by atoms with Crippen molar-refractivity contribution in [3.05, 3.63) is 54.2 Å². The molecule has 0 saturated carbocycles. The van der Waals surface area contributed by atoms with Crippen LogP contribution < -0.4 is 20.1 Å². The van der Waals surface area contributed by atoms with E-state index in [-0.39, 0.29) is 0 Å². The second-order valence-electron chi connectivity index (χ2n) is 5.50. The quantitative estimate of drug-likeness (QED) is 0.667. The van der Waals surface area contributed by atoms with Gasteiger partial charge in [0.1, 0.15) is 0 Å². The molecule has 1 aromatic heterocycles. The molecule has 2 N–H and O–H groups in total. The van der Waals surface area contributed by atoms with Gasteiger partial charge in [0.15, 0.2) is 17.3 Å². The van der Waals surface area contributed by atoms with E-state index < -0.39 is 0 Å². The molecule has 0 aliphatic rings. The number of methoxy groups -OCH3 is 2. The fraction of sp³-hybridized carbons (Fsp3) is 0.211. The van der Waals surface area contributed by atoms with Crippen LogP contribution in [0.3, 0.4) is 0 Å². The standard InChI is InChI=1S/C19H21N5O2/c1-4-13-7-5-6-8-15(13)22-19-23-18(12-20-24-19)21-14-9-10-16(25-2)17(11-14)26-3/h5-12H,4H2,1-3H3,(H2,21,22,23,24). The molecule has 0 radical (unpaired) electrons. The van der Waals surface area contributed by atoms with Crippen LogP contribution in [0.15, 0.2) is 48.7 Å². The van der Waals surface area contributed by atoms with Crippen molar-refractivity contribution >= 4 is 23.1 Å². The smallest absolute Gasteiger partial charge is 0.249 e. The normalized spacial score (nSPS) is 10.3. The molecule has 0 aliphatic carbocycles. The molecule has 0 fully saturated rings. The number of para-hydroxylation sites is 1. The number of hydrogen-bond donors (Lipinski definition) is 2. The topological polar surface area (TPSA) is 81.2 Å². The number of nitrogens with zero attached hydrogens (tertiary/aromatic N) is 3. The Morgan fingerprint density at radius 2 is 1.77 bits per heavy atom. The average molecular weight is 351 g/mol. The van der Waals surface area contributed by atoms with Crippen molar-refractivity contribution in [3.63, 3.8) is 0 Å². The average Bonchev–Trinajstić information content (AvgIpc) is 2.68. The molecule has 134 valence electrons. The third-order valence-corrected chi connectivity index (χ3v) is 3.86. The van der Waals surface area contributed by atoms with Gasteiger partial charge in [0, 0.05) is 17.4 Å². The van der Waals surface area contributed by atoms with Gasteiger partial charge in [0.2, 0.25) is 5.95 Å². The second-order valence-corrected chi connectivity index (χ2v) is 5.50. The van der Waals surface area contributed by atoms with Crippen LogP contribution >= 0.6 is 0 Å². The molecule has 26 heavy (non-hydrogen) atoms. The maximum absolute atomic E-state index is 5.32. The first-order valence-electron chi connectivity index (χ1n) is 8.27. The van der Waals surface area contributed by atoms with Crippen LogP contribution in [-0.2, 0) is 6.42 Å². The number of anilines is 4. The lowest BCUT2D eigenvalue weighted by Crippen LogP contribution is -2.04. The van der Waals surface area contributed by atoms with E-state index in [1.54, 1.807) is 20.4 Å². The third-order valence-electron chi connectivity index (χ3n) is 3.86. The van der Waals surface area contributed by atoms with E-state index in [4.69, 9.17) is 9.47 Å². The number of benzene rings is 2. The Morgan fingerprint density at radius 1 is 0.962 bits per heavy atom. The van der Waals surface area contributed by atoms with Gasteiger partial charge in [-0.15, -0.1) is 5.10 Å². The summed E-state index contributed by atoms with van der Waals surface area (Å²) in [6.07, 6.45) is 2.48. The van der Waals surface area contributed by atoms with Crippen LogP contribution in [0.4, 0.5) is 23.1 Å². The molecule has 3 rings (SSSR count). The monoisotopic (exact) mass is 351 g/mol. The summed E-state index contributed by atoms with van der Waals surface area (Å²) in [6.45, 7) is 2.11. The lowest BCUT2D eigenvalue weighted by atomic mass is 10.1. The summed E-state index contributed by atoms with van der Waals surface area (Å²) in [5.41, 5.74) is 2.97. The Morgan fingerprint density at radius 3 is 2.54 bits per heavy atom. The molecule has 0 amide bonds. The van der Waals surface area contributed by atoms with Crippen LogP contribution in [-0.4, -0.2) is 29.4 Å². The fourth-order valence-corrected chi connectivity index (χ4v) is 2.55. The van der Waals surface area contributed by atoms with Gasteiger partial charge in [-0.2, -0.15) is 10.1 Å². The fourth-order valence-electron chi connectivity index (χ4n) is 2.55. The van der Waals surface area contributed by atoms with Gasteiger partial charge in [-0.25, -0.2) is 0 Å². The minimum Gasteiger partial charge on any atom is -0.493 e. The van der Waals surface area contributed by atoms with Crippen LogP contribution in [0.2, 0.25) is 0 Å². The summed E-state index contributed by atoms with van der Waals surface area (Å²) in [5.74, 6) is 2.30. The second kappa shape index (κ2) is 8.15. The number of nitrogens with one attached hydrogen (secondary N) is 2. The Labute approximate surface area is 152 Å². The highest BCUT2D eigenvalue weighted by Gasteiger charge is 2.07. The third kappa shape index (κ3) is 4.00. The highest BCUT2D eigenvalue weighted by atomic mass is 16.5. The van der Waals surface area contributed by atoms with E-state index in [9.17, 15) is 0 Å². The van der Waals surface area contributed by atoms with Gasteiger partial charge < -0.3 is 20.1 Å². The predicted molar refractivity (Wildman–Crippen MR) is 102 cm³/mol. The highest BCUT2D eigenvalue weighted by Crippen LogP contribution is 2.30. The number of ether oxygens (including phenoxy) is 2. The van der Waals surface area contributed by atoms with E-state index in [1.807, 2.05) is 36.4 Å². The van der Waals surface area contributed by atoms with Gasteiger partial charge in [0.05, 0.1) is 20.4 Å². The maximum Gasteiger partial charge on any atom is 0.249 e. The number of hydrogen-bond acceptors (Lipinski definition) is 7. The Bertz CT molecular complexity index is 885. The summed E-state index contributed by atoms with van der Waals surface area (Å²) < 4.78 is 10.6. The predicted octanol–water partition coefficient (Wildman–Crippen LogP) is 3.94. The van der Waals surface area contributed by atoms with Crippen LogP contribution in [0.5, 0.6) is 11.5 Å². The van der Waals surface area contributed by atoms with Crippen LogP contribution in [0.25, 0.3) is 0 Å². The molecule has 3 aromatic rings. The molecular formula is C19H21N5O2. The first-order valence-corrected chi connectivity index (χ1v) is 8.27. The summed E-state index contributed by atoms with van der Waals surface area (Å²) in [5, 5.41) is 14.5. The molecule has 0 atom stereocenters. The number of aryl methyl sites for hydroxylation is 1. The van der Waals surface area contributed by atoms with Crippen molar-refractivity contribution in [2.24, 2.45) is 0 Å². The van der Waals surface area contributed by atoms with E-state index in [0.29, 0.717) is 23.3 Å². The van der Waals surface area contributed by atoms with Crippen LogP contribution in [0, 0.1) is 0 Å². The molecule has 0 unspecified atom stereocenters. The van der Waals surface area contributed by atoms with Gasteiger partial charge in [-0.3, -0.25) is 0 Å². The van der Waals surface area contributed by atoms with E-state index >= 15 is 0 Å². The minimum absolute atomic E-state index is 0.427. The molecule has 1 heterocycles. The number of aromatic nitrogens is 3. The molecule has 7 nitrogen and oxygen atoms in total. The van der Waals surface area contributed by atoms with Crippen molar-refractivity contribution in [2.75, 3.05) is 24.9 Å². The van der Waals surface area contributed by atoms with Crippen LogP contribution in [0.1, 0.15) is 12.5 Å². The maximum atomic E-state index is 5.32. The van der Waals surface area contributed by atoms with E-state index in [2.05, 4.69) is 38.8 Å². The number of rotatable bonds is 7. The molecule has 2 aromatic carbocycles. The SMILES string of the molecule is CCc1ccccc1Nc1nncc(Nc2ccc(OC)c(OC)c2)n1. The Balaban J connectivity index is 1.79. The first-order chi connectivity index (χ1) is 12.7. The molecular weight excluding hydrogens is 330 g/mol. The summed E-state index contributed by atoms with van der Waals surface area (Å²) in [6, 6.07) is 13.6. The zero-order chi connectivity index (χ0) is 18.4. The van der Waals surface area contributed by atoms with Crippen molar-refractivity contribution < 1.29 is 9.47 Å². The van der Waals surface area contributed by atoms with Crippen molar-refractivity contribution in [1.82, 2.24) is 15.2 Å². The van der Waals surface area contributed by atoms with E-state index in [0.717, 1.165) is 17.8 Å². The molecule has 0 spiro atoms. The van der Waals surface area contributed by atoms with Crippen molar-refractivity contribution in [2.45, 2.75) is 13.3 Å². The minimum atomic E-state index is 0.427. The summed E-state index contributed by atoms with van der Waals surface area (Å²) >= 11 is 0. The Kier molecular flexibility index (Phi) is 5.48. The van der Waals surface area contributed by atoms with Gasteiger partial charge in [-0.05, 0) is 30.2 Å². The molecule has 7 heteroatoms. The van der Waals surface area contributed by atoms with Gasteiger partial charge in [-0.1, -0.05) is 25.1 Å². The highest BCUT2D eigenvalue weighted by molar-refractivity contribution is 5.63. The summed E-state index contributed by atoms with van der Waals surface area (Å²) in [4.78, 5) is 4.47. The lowest BCUT2D eigenvalue weighted by molar-refractivity contribution is 0.355. The summed E-state index contributed by atoms with van der Waals surface area (Å²) in [7, 11) is 3.20. The largest absolute Gasteiger partial charge is 0.493 e. The van der Waals surface area contributed by atoms with E-state index in [1.165, 1.54) is 5.56 Å². The lowest BCUT2D eigenvalue weighted by Gasteiger charge is -2.12. The van der Waals surface area contributed by atoms with Crippen molar-refractivity contribution in [1.29, 1.82) is 0 Å². The van der Waals surface area contributed by atoms with Crippen molar-refractivity contribution in [3.8, 4) is 11.5 Å². The van der Waals surface area contributed by atoms with Gasteiger partial charge >= 0.3 is 0 Å². The molecule has 0 aliphatic heterocycles. The zero-order valence-electron chi connectivity index (χ0n) is 15.0. The van der Waals surface area contributed by atoms with Gasteiger partial charge in [0.25, 0.3) is 0 Å². The Hall–Kier alpha value is -3.35. The zero-order valence-corrected chi connectivity index (χ0v) is 15.0. The molecule has 0 bridgehead atoms. The molecule has 0 saturated heterocycles. The first kappa shape index (κ1) is 17.5.